The third-order valence-electron chi connectivity index (χ3n) is 6.65. The summed E-state index contributed by atoms with van der Waals surface area (Å²) >= 11 is 0. The first-order valence-electron chi connectivity index (χ1n) is 12.5. The molecule has 0 spiro atoms. The minimum Gasteiger partial charge on any atom is -0.497 e. The molecule has 1 atom stereocenters. The van der Waals surface area contributed by atoms with Crippen molar-refractivity contribution >= 4 is 5.69 Å². The Hall–Kier alpha value is -3.68. The largest absolute Gasteiger partial charge is 0.497 e. The Morgan fingerprint density at radius 1 is 1.06 bits per heavy atom. The van der Waals surface area contributed by atoms with E-state index in [0.717, 1.165) is 72.1 Å². The van der Waals surface area contributed by atoms with Crippen LogP contribution in [0.1, 0.15) is 29.8 Å². The van der Waals surface area contributed by atoms with Crippen LogP contribution in [0.4, 0.5) is 5.69 Å². The van der Waals surface area contributed by atoms with Crippen molar-refractivity contribution in [3.8, 4) is 22.6 Å². The summed E-state index contributed by atoms with van der Waals surface area (Å²) in [6, 6.07) is 19.2. The zero-order valence-electron chi connectivity index (χ0n) is 21.0. The number of likely N-dealkylation sites (tertiary alicyclic amines) is 1. The van der Waals surface area contributed by atoms with E-state index in [-0.39, 0.29) is 6.04 Å². The maximum Gasteiger partial charge on any atom is 0.118 e. The molecular weight excluding hydrogens is 448 g/mol. The van der Waals surface area contributed by atoms with Gasteiger partial charge in [-0.15, -0.1) is 0 Å². The topological polar surface area (TPSA) is 81.2 Å². The van der Waals surface area contributed by atoms with E-state index in [1.807, 2.05) is 37.6 Å². The number of hydrogen-bond acceptors (Lipinski definition) is 6. The highest BCUT2D eigenvalue weighted by atomic mass is 16.5. The lowest BCUT2D eigenvalue weighted by Crippen LogP contribution is -2.42. The summed E-state index contributed by atoms with van der Waals surface area (Å²) in [6.07, 6.45) is 8.06. The van der Waals surface area contributed by atoms with Gasteiger partial charge >= 0.3 is 0 Å². The summed E-state index contributed by atoms with van der Waals surface area (Å²) in [6.45, 7) is 5.56. The summed E-state index contributed by atoms with van der Waals surface area (Å²) in [7, 11) is 1.68. The second-order valence-corrected chi connectivity index (χ2v) is 9.57. The number of aromatic nitrogens is 3. The van der Waals surface area contributed by atoms with Crippen LogP contribution >= 0.6 is 0 Å². The minimum absolute atomic E-state index is 0.264. The molecule has 0 radical (unpaired) electrons. The highest BCUT2D eigenvalue weighted by Crippen LogP contribution is 2.24. The average Bonchev–Trinajstić information content (AvgIpc) is 3.34. The minimum atomic E-state index is 0.264. The number of nitrogens with two attached hydrogens (primary N) is 1. The second kappa shape index (κ2) is 10.9. The third kappa shape index (κ3) is 5.93. The van der Waals surface area contributed by atoms with Crippen LogP contribution in [0.5, 0.6) is 5.75 Å². The first kappa shape index (κ1) is 24.0. The Morgan fingerprint density at radius 3 is 2.67 bits per heavy atom. The molecule has 1 saturated heterocycles. The number of piperidine rings is 1. The van der Waals surface area contributed by atoms with E-state index in [9.17, 15) is 0 Å². The summed E-state index contributed by atoms with van der Waals surface area (Å²) in [5.74, 6) is 0.852. The number of anilines is 1. The van der Waals surface area contributed by atoms with Crippen LogP contribution in [0.25, 0.3) is 16.8 Å². The maximum atomic E-state index is 6.23. The number of pyridine rings is 1. The molecule has 0 aliphatic carbocycles. The van der Waals surface area contributed by atoms with Crippen molar-refractivity contribution in [2.45, 2.75) is 38.9 Å². The Bertz CT molecular complexity index is 1300. The molecule has 2 aromatic carbocycles. The number of aryl methyl sites for hydroxylation is 1. The van der Waals surface area contributed by atoms with Gasteiger partial charge in [0.05, 0.1) is 31.4 Å². The fraction of sp³-hybridized carbons (Fsp3) is 0.310. The fourth-order valence-corrected chi connectivity index (χ4v) is 4.80. The standard InChI is InChI=1S/C29H34N6O/c1-21-17-35(20-33-21)28-13-22(18-34-11-3-4-25(30)19-34)12-26(15-28)32-16-27-14-24(9-10-31-27)23-5-7-29(36-2)8-6-23/h5-10,12-15,17,20,25,32H,3-4,11,16,18-19,30H2,1-2H3/t25-/m0/s1. The highest BCUT2D eigenvalue weighted by Gasteiger charge is 2.17. The van der Waals surface area contributed by atoms with Crippen molar-refractivity contribution in [1.29, 1.82) is 0 Å². The van der Waals surface area contributed by atoms with Gasteiger partial charge in [-0.05, 0) is 85.5 Å². The molecule has 7 nitrogen and oxygen atoms in total. The van der Waals surface area contributed by atoms with Crippen LogP contribution in [0.15, 0.2) is 73.3 Å². The number of ether oxygens (including phenoxy) is 1. The molecule has 186 valence electrons. The molecule has 1 aliphatic rings. The Labute approximate surface area is 213 Å². The zero-order chi connectivity index (χ0) is 24.9. The predicted molar refractivity (Wildman–Crippen MR) is 144 cm³/mol. The van der Waals surface area contributed by atoms with Gasteiger partial charge in [0.15, 0.2) is 0 Å². The van der Waals surface area contributed by atoms with E-state index in [0.29, 0.717) is 6.54 Å². The Balaban J connectivity index is 1.35. The summed E-state index contributed by atoms with van der Waals surface area (Å²) in [5.41, 5.74) is 13.9. The van der Waals surface area contributed by atoms with Gasteiger partial charge in [-0.1, -0.05) is 12.1 Å². The number of benzene rings is 2. The van der Waals surface area contributed by atoms with Crippen LogP contribution in [0, 0.1) is 6.92 Å². The average molecular weight is 483 g/mol. The van der Waals surface area contributed by atoms with Gasteiger partial charge in [-0.3, -0.25) is 9.88 Å². The number of rotatable bonds is 8. The van der Waals surface area contributed by atoms with Gasteiger partial charge in [0.1, 0.15) is 5.75 Å². The summed E-state index contributed by atoms with van der Waals surface area (Å²) < 4.78 is 7.36. The third-order valence-corrected chi connectivity index (χ3v) is 6.65. The normalized spacial score (nSPS) is 16.1. The molecule has 4 aromatic rings. The lowest BCUT2D eigenvalue weighted by molar-refractivity contribution is 0.201. The van der Waals surface area contributed by atoms with Crippen molar-refractivity contribution in [3.63, 3.8) is 0 Å². The molecule has 3 heterocycles. The SMILES string of the molecule is COc1ccc(-c2ccnc(CNc3cc(CN4CCC[C@H](N)C4)cc(-n4cnc(C)c4)c3)c2)cc1. The van der Waals surface area contributed by atoms with Gasteiger partial charge < -0.3 is 20.4 Å². The molecule has 7 heteroatoms. The molecule has 2 aromatic heterocycles. The van der Waals surface area contributed by atoms with Gasteiger partial charge in [0, 0.05) is 42.9 Å². The van der Waals surface area contributed by atoms with Gasteiger partial charge in [-0.25, -0.2) is 4.98 Å². The molecule has 0 saturated carbocycles. The summed E-state index contributed by atoms with van der Waals surface area (Å²) in [4.78, 5) is 11.5. The summed E-state index contributed by atoms with van der Waals surface area (Å²) in [5, 5.41) is 3.60. The highest BCUT2D eigenvalue weighted by molar-refractivity contribution is 5.64. The van der Waals surface area contributed by atoms with Crippen LogP contribution in [0.3, 0.4) is 0 Å². The van der Waals surface area contributed by atoms with E-state index in [2.05, 4.69) is 67.3 Å². The van der Waals surface area contributed by atoms with Crippen molar-refractivity contribution in [2.75, 3.05) is 25.5 Å². The van der Waals surface area contributed by atoms with Crippen LogP contribution in [-0.4, -0.2) is 45.7 Å². The van der Waals surface area contributed by atoms with Crippen molar-refractivity contribution in [1.82, 2.24) is 19.4 Å². The smallest absolute Gasteiger partial charge is 0.118 e. The molecule has 0 amide bonds. The zero-order valence-corrected chi connectivity index (χ0v) is 21.0. The maximum absolute atomic E-state index is 6.23. The van der Waals surface area contributed by atoms with Gasteiger partial charge in [-0.2, -0.15) is 0 Å². The first-order chi connectivity index (χ1) is 17.6. The molecule has 0 bridgehead atoms. The quantitative estimate of drug-likeness (QED) is 0.376. The first-order valence-corrected chi connectivity index (χ1v) is 12.5. The van der Waals surface area contributed by atoms with Crippen LogP contribution < -0.4 is 15.8 Å². The van der Waals surface area contributed by atoms with Crippen LogP contribution in [0.2, 0.25) is 0 Å². The molecule has 36 heavy (non-hydrogen) atoms. The van der Waals surface area contributed by atoms with E-state index < -0.39 is 0 Å². The lowest BCUT2D eigenvalue weighted by Gasteiger charge is -2.30. The fourth-order valence-electron chi connectivity index (χ4n) is 4.80. The lowest BCUT2D eigenvalue weighted by atomic mass is 10.0. The molecule has 5 rings (SSSR count). The van der Waals surface area contributed by atoms with Crippen molar-refractivity contribution in [2.24, 2.45) is 5.73 Å². The van der Waals surface area contributed by atoms with Crippen LogP contribution in [-0.2, 0) is 13.1 Å². The number of hydrogen-bond donors (Lipinski definition) is 2. The van der Waals surface area contributed by atoms with E-state index in [4.69, 9.17) is 10.5 Å². The molecule has 1 fully saturated rings. The van der Waals surface area contributed by atoms with Gasteiger partial charge in [0.25, 0.3) is 0 Å². The number of nitrogens with zero attached hydrogens (tertiary/aromatic N) is 4. The number of nitrogens with one attached hydrogen (secondary N) is 1. The molecule has 0 unspecified atom stereocenters. The van der Waals surface area contributed by atoms with E-state index in [1.165, 1.54) is 5.56 Å². The van der Waals surface area contributed by atoms with E-state index >= 15 is 0 Å². The van der Waals surface area contributed by atoms with E-state index in [1.54, 1.807) is 7.11 Å². The number of methoxy groups -OCH3 is 1. The Morgan fingerprint density at radius 2 is 1.92 bits per heavy atom. The molecule has 1 aliphatic heterocycles. The van der Waals surface area contributed by atoms with Gasteiger partial charge in [0.2, 0.25) is 0 Å². The second-order valence-electron chi connectivity index (χ2n) is 9.57. The molecule has 3 N–H and O–H groups in total. The Kier molecular flexibility index (Phi) is 7.30. The van der Waals surface area contributed by atoms with Crippen molar-refractivity contribution < 1.29 is 4.74 Å². The number of imidazole rings is 1. The van der Waals surface area contributed by atoms with Crippen molar-refractivity contribution in [3.05, 3.63) is 90.3 Å². The molecular formula is C29H34N6O. The monoisotopic (exact) mass is 482 g/mol. The predicted octanol–water partition coefficient (Wildman–Crippen LogP) is 4.79.